The summed E-state index contributed by atoms with van der Waals surface area (Å²) in [5, 5.41) is 13.9. The number of methoxy groups -OCH3 is 1. The number of hydrogen-bond acceptors (Lipinski definition) is 7. The molecule has 3 unspecified atom stereocenters. The van der Waals surface area contributed by atoms with Gasteiger partial charge in [0.1, 0.15) is 5.92 Å². The van der Waals surface area contributed by atoms with Gasteiger partial charge in [0.05, 0.1) is 18.4 Å². The molecule has 8 heteroatoms. The second-order valence-corrected chi connectivity index (χ2v) is 6.67. The summed E-state index contributed by atoms with van der Waals surface area (Å²) in [6.45, 7) is 1.48. The number of allylic oxidation sites excluding steroid dienone is 2. The molecule has 2 amide bonds. The Balaban J connectivity index is 2.03. The number of aliphatic hydroxyl groups is 1. The average molecular weight is 368 g/mol. The van der Waals surface area contributed by atoms with Crippen molar-refractivity contribution in [1.82, 2.24) is 5.32 Å². The average Bonchev–Trinajstić information content (AvgIpc) is 3.03. The van der Waals surface area contributed by atoms with E-state index in [2.05, 4.69) is 5.32 Å². The van der Waals surface area contributed by atoms with Crippen LogP contribution in [0.25, 0.3) is 0 Å². The van der Waals surface area contributed by atoms with Crippen molar-refractivity contribution in [3.05, 3.63) is 53.8 Å². The van der Waals surface area contributed by atoms with Crippen molar-refractivity contribution in [2.24, 2.45) is 11.3 Å². The summed E-state index contributed by atoms with van der Waals surface area (Å²) in [7, 11) is 1.13. The normalized spacial score (nSPS) is 31.7. The molecule has 1 aromatic rings. The number of ketones is 1. The smallest absolute Gasteiger partial charge is 0.336 e. The standard InChI is InChI=1S/C19H16N2O6/c1-10-13(16(24)27-2)19-14(12(22)8-9-18(19,26)20-10)15(23)21(17(19)25)11-6-4-3-5-7-11/h3-9,14,20,26H,1-2H3. The highest BCUT2D eigenvalue weighted by atomic mass is 16.5. The molecule has 4 rings (SSSR count). The van der Waals surface area contributed by atoms with E-state index in [0.717, 1.165) is 24.2 Å². The van der Waals surface area contributed by atoms with Crippen LogP contribution in [0.3, 0.4) is 0 Å². The lowest BCUT2D eigenvalue weighted by Crippen LogP contribution is -2.62. The zero-order valence-electron chi connectivity index (χ0n) is 14.6. The monoisotopic (exact) mass is 368 g/mol. The van der Waals surface area contributed by atoms with E-state index in [1.807, 2.05) is 0 Å². The summed E-state index contributed by atoms with van der Waals surface area (Å²) in [6, 6.07) is 8.06. The number of nitrogens with zero attached hydrogens (tertiary/aromatic N) is 1. The molecule has 3 atom stereocenters. The molecular formula is C19H16N2O6. The van der Waals surface area contributed by atoms with E-state index in [4.69, 9.17) is 4.74 Å². The van der Waals surface area contributed by atoms with E-state index in [9.17, 15) is 24.3 Å². The first kappa shape index (κ1) is 17.2. The Hall–Kier alpha value is -3.26. The van der Waals surface area contributed by atoms with Crippen molar-refractivity contribution in [3.8, 4) is 0 Å². The topological polar surface area (TPSA) is 113 Å². The van der Waals surface area contributed by atoms with Gasteiger partial charge >= 0.3 is 5.97 Å². The molecule has 1 aliphatic carbocycles. The van der Waals surface area contributed by atoms with Crippen LogP contribution in [0, 0.1) is 11.3 Å². The van der Waals surface area contributed by atoms with Gasteiger partial charge in [0.25, 0.3) is 5.91 Å². The lowest BCUT2D eigenvalue weighted by atomic mass is 9.61. The van der Waals surface area contributed by atoms with Gasteiger partial charge in [-0.05, 0) is 31.2 Å². The van der Waals surface area contributed by atoms with E-state index in [1.165, 1.54) is 19.1 Å². The Morgan fingerprint density at radius 1 is 1.22 bits per heavy atom. The molecule has 1 fully saturated rings. The molecule has 2 heterocycles. The third-order valence-electron chi connectivity index (χ3n) is 5.37. The number of imide groups is 1. The van der Waals surface area contributed by atoms with Crippen LogP contribution < -0.4 is 10.2 Å². The number of carbonyl (C=O) groups excluding carboxylic acids is 4. The van der Waals surface area contributed by atoms with Crippen LogP contribution in [0.5, 0.6) is 0 Å². The summed E-state index contributed by atoms with van der Waals surface area (Å²) in [5.74, 6) is -4.76. The molecule has 1 spiro atoms. The van der Waals surface area contributed by atoms with Gasteiger partial charge in [-0.1, -0.05) is 18.2 Å². The molecule has 8 nitrogen and oxygen atoms in total. The molecule has 1 aromatic carbocycles. The van der Waals surface area contributed by atoms with Gasteiger partial charge in [0.2, 0.25) is 5.91 Å². The second kappa shape index (κ2) is 5.37. The summed E-state index contributed by atoms with van der Waals surface area (Å²) < 4.78 is 4.80. The number of anilines is 1. The largest absolute Gasteiger partial charge is 0.466 e. The number of hydrogen-bond donors (Lipinski definition) is 2. The van der Waals surface area contributed by atoms with E-state index in [1.54, 1.807) is 18.2 Å². The van der Waals surface area contributed by atoms with Crippen LogP contribution in [0.2, 0.25) is 0 Å². The zero-order valence-corrected chi connectivity index (χ0v) is 14.6. The van der Waals surface area contributed by atoms with Crippen molar-refractivity contribution >= 4 is 29.3 Å². The summed E-state index contributed by atoms with van der Waals surface area (Å²) >= 11 is 0. The van der Waals surface area contributed by atoms with Crippen LogP contribution in [0.1, 0.15) is 6.92 Å². The van der Waals surface area contributed by atoms with Crippen molar-refractivity contribution in [1.29, 1.82) is 0 Å². The molecule has 0 aromatic heterocycles. The SMILES string of the molecule is COC(=O)C1=C(C)NC2(O)C=CC(=O)C3C(=O)N(c4ccccc4)C(=O)C132. The predicted octanol–water partition coefficient (Wildman–Crippen LogP) is 0.0401. The molecule has 0 bridgehead atoms. The maximum Gasteiger partial charge on any atom is 0.336 e. The Labute approximate surface area is 154 Å². The van der Waals surface area contributed by atoms with E-state index in [0.29, 0.717) is 0 Å². The van der Waals surface area contributed by atoms with Crippen LogP contribution in [-0.4, -0.2) is 41.5 Å². The maximum absolute atomic E-state index is 13.6. The fourth-order valence-corrected chi connectivity index (χ4v) is 4.33. The van der Waals surface area contributed by atoms with Crippen LogP contribution >= 0.6 is 0 Å². The Morgan fingerprint density at radius 3 is 2.52 bits per heavy atom. The number of nitrogens with one attached hydrogen (secondary N) is 1. The minimum Gasteiger partial charge on any atom is -0.466 e. The van der Waals surface area contributed by atoms with Crippen LogP contribution in [0.4, 0.5) is 5.69 Å². The fraction of sp³-hybridized carbons (Fsp3) is 0.263. The Bertz CT molecular complexity index is 966. The minimum atomic E-state index is -2.12. The molecule has 2 N–H and O–H groups in total. The Kier molecular flexibility index (Phi) is 3.41. The third-order valence-corrected chi connectivity index (χ3v) is 5.37. The second-order valence-electron chi connectivity index (χ2n) is 6.67. The number of esters is 1. The first-order valence-corrected chi connectivity index (χ1v) is 8.26. The molecule has 0 radical (unpaired) electrons. The molecule has 2 aliphatic heterocycles. The summed E-state index contributed by atoms with van der Waals surface area (Å²) in [6.07, 6.45) is 2.17. The number of ether oxygens (including phenoxy) is 1. The van der Waals surface area contributed by atoms with E-state index < -0.39 is 40.6 Å². The van der Waals surface area contributed by atoms with E-state index >= 15 is 0 Å². The summed E-state index contributed by atoms with van der Waals surface area (Å²) in [5.41, 5.74) is -4.02. The Morgan fingerprint density at radius 2 is 1.89 bits per heavy atom. The highest BCUT2D eigenvalue weighted by molar-refractivity contribution is 6.34. The third kappa shape index (κ3) is 1.85. The van der Waals surface area contributed by atoms with Gasteiger partial charge in [0, 0.05) is 5.70 Å². The lowest BCUT2D eigenvalue weighted by molar-refractivity contribution is -0.153. The molecule has 3 aliphatic rings. The van der Waals surface area contributed by atoms with Gasteiger partial charge in [-0.15, -0.1) is 0 Å². The van der Waals surface area contributed by atoms with Gasteiger partial charge in [-0.2, -0.15) is 0 Å². The number of amides is 2. The first-order chi connectivity index (χ1) is 12.8. The van der Waals surface area contributed by atoms with Crippen LogP contribution in [-0.2, 0) is 23.9 Å². The van der Waals surface area contributed by atoms with Gasteiger partial charge in [0.15, 0.2) is 16.9 Å². The van der Waals surface area contributed by atoms with Gasteiger partial charge < -0.3 is 15.2 Å². The molecule has 138 valence electrons. The molecule has 0 saturated carbocycles. The highest BCUT2D eigenvalue weighted by Crippen LogP contribution is 2.58. The number of carbonyl (C=O) groups is 4. The number of rotatable bonds is 2. The molecule has 27 heavy (non-hydrogen) atoms. The predicted molar refractivity (Wildman–Crippen MR) is 91.8 cm³/mol. The number of benzene rings is 1. The first-order valence-electron chi connectivity index (χ1n) is 8.26. The zero-order chi connectivity index (χ0) is 19.6. The fourth-order valence-electron chi connectivity index (χ4n) is 4.33. The van der Waals surface area contributed by atoms with Crippen molar-refractivity contribution < 1.29 is 29.0 Å². The minimum absolute atomic E-state index is 0.171. The van der Waals surface area contributed by atoms with Gasteiger partial charge in [-0.3, -0.25) is 14.4 Å². The van der Waals surface area contributed by atoms with Crippen molar-refractivity contribution in [2.75, 3.05) is 12.0 Å². The number of para-hydroxylation sites is 1. The molecular weight excluding hydrogens is 352 g/mol. The molecule has 1 saturated heterocycles. The van der Waals surface area contributed by atoms with Gasteiger partial charge in [-0.25, -0.2) is 9.69 Å². The lowest BCUT2D eigenvalue weighted by Gasteiger charge is -2.40. The summed E-state index contributed by atoms with van der Waals surface area (Å²) in [4.78, 5) is 52.7. The van der Waals surface area contributed by atoms with E-state index in [-0.39, 0.29) is 17.0 Å². The highest BCUT2D eigenvalue weighted by Gasteiger charge is 2.77. The van der Waals surface area contributed by atoms with Crippen LogP contribution in [0.15, 0.2) is 53.8 Å². The quantitative estimate of drug-likeness (QED) is 0.430. The van der Waals surface area contributed by atoms with Crippen molar-refractivity contribution in [2.45, 2.75) is 12.6 Å². The van der Waals surface area contributed by atoms with Crippen molar-refractivity contribution in [3.63, 3.8) is 0 Å². The maximum atomic E-state index is 13.6.